The fraction of sp³-hybridized carbons (Fsp3) is 0.714. The molecule has 3 heteroatoms. The molecule has 10 heavy (non-hydrogen) atoms. The molecule has 0 heterocycles. The van der Waals surface area contributed by atoms with Crippen LogP contribution in [0.2, 0.25) is 0 Å². The van der Waals surface area contributed by atoms with E-state index >= 15 is 0 Å². The van der Waals surface area contributed by atoms with Crippen LogP contribution < -0.4 is 0 Å². The molecule has 0 spiro atoms. The van der Waals surface area contributed by atoms with Gasteiger partial charge >= 0.3 is 0 Å². The van der Waals surface area contributed by atoms with Crippen molar-refractivity contribution in [1.29, 1.82) is 0 Å². The normalized spacial score (nSPS) is 12.6. The van der Waals surface area contributed by atoms with Crippen LogP contribution in [-0.4, -0.2) is 17.3 Å². The fourth-order valence-corrected chi connectivity index (χ4v) is 0.791. The van der Waals surface area contributed by atoms with E-state index in [0.29, 0.717) is 0 Å². The molecule has 0 aliphatic rings. The molecule has 0 amide bonds. The van der Waals surface area contributed by atoms with Crippen molar-refractivity contribution >= 4 is 22.6 Å². The Labute approximate surface area is 75.7 Å². The van der Waals surface area contributed by atoms with Gasteiger partial charge in [0.25, 0.3) is 0 Å². The third kappa shape index (κ3) is 5.05. The molecule has 1 unspecified atom stereocenters. The molecule has 0 saturated heterocycles. The third-order valence-corrected chi connectivity index (χ3v) is 1.40. The maximum Gasteiger partial charge on any atom is 0.198 e. The van der Waals surface area contributed by atoms with E-state index in [-0.39, 0.29) is 6.29 Å². The Hall–Kier alpha value is 0.230. The van der Waals surface area contributed by atoms with E-state index in [0.717, 1.165) is 17.5 Å². The minimum absolute atomic E-state index is 0.104. The van der Waals surface area contributed by atoms with Crippen molar-refractivity contribution in [2.24, 2.45) is 0 Å². The summed E-state index contributed by atoms with van der Waals surface area (Å²) >= 11 is 2.26. The predicted molar refractivity (Wildman–Crippen MR) is 50.2 cm³/mol. The Morgan fingerprint density at radius 1 is 1.70 bits per heavy atom. The van der Waals surface area contributed by atoms with Gasteiger partial charge in [-0.3, -0.25) is 0 Å². The smallest absolute Gasteiger partial charge is 0.198 e. The number of halogens is 1. The van der Waals surface area contributed by atoms with Crippen molar-refractivity contribution in [3.8, 4) is 0 Å². The zero-order valence-corrected chi connectivity index (χ0v) is 8.34. The second kappa shape index (κ2) is 7.34. The molecule has 0 aromatic heterocycles. The standard InChI is InChI=1S/C7H13IO2/c1-3-7(9-4-2)10-6-5-8/h4,7H,2-3,5-6H2,1H3. The molecule has 0 aliphatic carbocycles. The fourth-order valence-electron chi connectivity index (χ4n) is 0.537. The molecule has 1 atom stereocenters. The highest BCUT2D eigenvalue weighted by molar-refractivity contribution is 14.1. The van der Waals surface area contributed by atoms with Gasteiger partial charge in [-0.25, -0.2) is 0 Å². The van der Waals surface area contributed by atoms with Crippen LogP contribution in [0, 0.1) is 0 Å². The topological polar surface area (TPSA) is 18.5 Å². The zero-order chi connectivity index (χ0) is 7.82. The van der Waals surface area contributed by atoms with Gasteiger partial charge in [0.15, 0.2) is 6.29 Å². The van der Waals surface area contributed by atoms with Gasteiger partial charge in [-0.05, 0) is 0 Å². The van der Waals surface area contributed by atoms with Gasteiger partial charge in [0.1, 0.15) is 0 Å². The molecule has 60 valence electrons. The van der Waals surface area contributed by atoms with Gasteiger partial charge in [0.05, 0.1) is 12.9 Å². The highest BCUT2D eigenvalue weighted by Gasteiger charge is 2.02. The Kier molecular flexibility index (Phi) is 7.51. The Morgan fingerprint density at radius 2 is 2.40 bits per heavy atom. The molecule has 2 nitrogen and oxygen atoms in total. The molecule has 0 fully saturated rings. The minimum atomic E-state index is -0.104. The van der Waals surface area contributed by atoms with Crippen molar-refractivity contribution < 1.29 is 9.47 Å². The monoisotopic (exact) mass is 256 g/mol. The molecular weight excluding hydrogens is 243 g/mol. The van der Waals surface area contributed by atoms with Gasteiger partial charge in [-0.1, -0.05) is 36.1 Å². The quantitative estimate of drug-likeness (QED) is 0.314. The van der Waals surface area contributed by atoms with Crippen LogP contribution in [0.5, 0.6) is 0 Å². The lowest BCUT2D eigenvalue weighted by molar-refractivity contribution is -0.101. The molecule has 0 aromatic rings. The zero-order valence-electron chi connectivity index (χ0n) is 6.18. The van der Waals surface area contributed by atoms with Gasteiger partial charge in [-0.2, -0.15) is 0 Å². The first-order valence-electron chi connectivity index (χ1n) is 3.29. The summed E-state index contributed by atoms with van der Waals surface area (Å²) in [6.45, 7) is 6.21. The van der Waals surface area contributed by atoms with E-state index in [1.54, 1.807) is 0 Å². The Bertz CT molecular complexity index is 85.7. The predicted octanol–water partition coefficient (Wildman–Crippen LogP) is 2.33. The number of alkyl halides is 1. The van der Waals surface area contributed by atoms with Crippen molar-refractivity contribution in [3.63, 3.8) is 0 Å². The minimum Gasteiger partial charge on any atom is -0.473 e. The molecule has 0 bridgehead atoms. The molecule has 0 rings (SSSR count). The molecule has 0 N–H and O–H groups in total. The number of hydrogen-bond acceptors (Lipinski definition) is 2. The maximum absolute atomic E-state index is 5.28. The lowest BCUT2D eigenvalue weighted by atomic mass is 10.5. The van der Waals surface area contributed by atoms with Crippen LogP contribution in [-0.2, 0) is 9.47 Å². The SMILES string of the molecule is C=COC(CC)OCCI. The first-order valence-corrected chi connectivity index (χ1v) is 4.81. The van der Waals surface area contributed by atoms with E-state index in [1.807, 2.05) is 6.92 Å². The van der Waals surface area contributed by atoms with Gasteiger partial charge < -0.3 is 9.47 Å². The maximum atomic E-state index is 5.28. The first kappa shape index (κ1) is 10.2. The van der Waals surface area contributed by atoms with Crippen LogP contribution in [0.15, 0.2) is 12.8 Å². The van der Waals surface area contributed by atoms with E-state index in [2.05, 4.69) is 29.2 Å². The summed E-state index contributed by atoms with van der Waals surface area (Å²) < 4.78 is 11.3. The van der Waals surface area contributed by atoms with Crippen LogP contribution >= 0.6 is 22.6 Å². The van der Waals surface area contributed by atoms with Crippen molar-refractivity contribution in [2.45, 2.75) is 19.6 Å². The largest absolute Gasteiger partial charge is 0.473 e. The van der Waals surface area contributed by atoms with Crippen molar-refractivity contribution in [2.75, 3.05) is 11.0 Å². The Morgan fingerprint density at radius 3 is 2.80 bits per heavy atom. The van der Waals surface area contributed by atoms with Crippen LogP contribution in [0.4, 0.5) is 0 Å². The lowest BCUT2D eigenvalue weighted by Crippen LogP contribution is -2.14. The first-order chi connectivity index (χ1) is 4.85. The van der Waals surface area contributed by atoms with Crippen LogP contribution in [0.25, 0.3) is 0 Å². The third-order valence-electron chi connectivity index (χ3n) is 0.962. The van der Waals surface area contributed by atoms with E-state index in [1.165, 1.54) is 6.26 Å². The average molecular weight is 256 g/mol. The van der Waals surface area contributed by atoms with E-state index in [9.17, 15) is 0 Å². The summed E-state index contributed by atoms with van der Waals surface area (Å²) in [7, 11) is 0. The average Bonchev–Trinajstić information content (AvgIpc) is 1.98. The second-order valence-corrected chi connectivity index (χ2v) is 2.78. The summed E-state index contributed by atoms with van der Waals surface area (Å²) in [5.41, 5.74) is 0. The summed E-state index contributed by atoms with van der Waals surface area (Å²) in [5, 5.41) is 0. The highest BCUT2D eigenvalue weighted by Crippen LogP contribution is 2.00. The van der Waals surface area contributed by atoms with Crippen LogP contribution in [0.1, 0.15) is 13.3 Å². The number of ether oxygens (including phenoxy) is 2. The summed E-state index contributed by atoms with van der Waals surface area (Å²) in [4.78, 5) is 0. The molecule has 0 aliphatic heterocycles. The molecule has 0 aromatic carbocycles. The van der Waals surface area contributed by atoms with Crippen molar-refractivity contribution in [3.05, 3.63) is 12.8 Å². The van der Waals surface area contributed by atoms with Crippen LogP contribution in [0.3, 0.4) is 0 Å². The summed E-state index contributed by atoms with van der Waals surface area (Å²) in [6, 6.07) is 0. The summed E-state index contributed by atoms with van der Waals surface area (Å²) in [5.74, 6) is 0. The highest BCUT2D eigenvalue weighted by atomic mass is 127. The molecular formula is C7H13IO2. The molecule has 0 radical (unpaired) electrons. The van der Waals surface area contributed by atoms with Crippen molar-refractivity contribution in [1.82, 2.24) is 0 Å². The van der Waals surface area contributed by atoms with E-state index in [4.69, 9.17) is 9.47 Å². The number of hydrogen-bond donors (Lipinski definition) is 0. The lowest BCUT2D eigenvalue weighted by Gasteiger charge is -2.13. The van der Waals surface area contributed by atoms with Gasteiger partial charge in [0.2, 0.25) is 0 Å². The Balaban J connectivity index is 3.29. The number of rotatable bonds is 6. The summed E-state index contributed by atoms with van der Waals surface area (Å²) in [6.07, 6.45) is 2.18. The van der Waals surface area contributed by atoms with E-state index < -0.39 is 0 Å². The molecule has 0 saturated carbocycles. The van der Waals surface area contributed by atoms with Gasteiger partial charge in [0, 0.05) is 10.8 Å². The second-order valence-electron chi connectivity index (χ2n) is 1.70. The van der Waals surface area contributed by atoms with Gasteiger partial charge in [-0.15, -0.1) is 0 Å².